The molecule has 1 unspecified atom stereocenters. The van der Waals surface area contributed by atoms with Gasteiger partial charge in [0.1, 0.15) is 0 Å². The van der Waals surface area contributed by atoms with Gasteiger partial charge in [0.05, 0.1) is 25.9 Å². The Hall–Kier alpha value is -0.250. The molecular formula is C20H41O7S-3. The number of aliphatic hydroxyl groups excluding tert-OH is 1. The van der Waals surface area contributed by atoms with Crippen LogP contribution in [0.15, 0.2) is 0 Å². The molecule has 172 valence electrons. The maximum absolute atomic E-state index is 10.7. The standard InChI is InChI=1S/C20H42O6S.O/c1-2-3-4-5-6-7-8-9-10-11-12-13-14-15-16-20(19-25-18-17-21)26-27(22,23)24;/h20-21H,2-19H2,1H3,(H,22,23,24);/q;-2/p-1. The van der Waals surface area contributed by atoms with Crippen LogP contribution in [0.4, 0.5) is 0 Å². The van der Waals surface area contributed by atoms with E-state index in [0.717, 1.165) is 19.3 Å². The summed E-state index contributed by atoms with van der Waals surface area (Å²) >= 11 is 0. The lowest BCUT2D eigenvalue weighted by Gasteiger charge is -2.19. The number of hydrogen-bond acceptors (Lipinski definition) is 6. The highest BCUT2D eigenvalue weighted by Gasteiger charge is 2.13. The molecule has 0 saturated heterocycles. The average Bonchev–Trinajstić information content (AvgIpc) is 2.60. The first-order chi connectivity index (χ1) is 13.0. The van der Waals surface area contributed by atoms with E-state index in [4.69, 9.17) is 9.84 Å². The molecule has 0 rings (SSSR count). The molecular weight excluding hydrogens is 384 g/mol. The SMILES string of the molecule is CCCCCCCCCCCCCCCCC(COCCO)OS(=O)(=O)[O-].[O-2]. The third kappa shape index (κ3) is 23.8. The van der Waals surface area contributed by atoms with Gasteiger partial charge in [0.15, 0.2) is 0 Å². The van der Waals surface area contributed by atoms with Crippen LogP contribution in [0.5, 0.6) is 0 Å². The summed E-state index contributed by atoms with van der Waals surface area (Å²) in [6.45, 7) is 2.23. The van der Waals surface area contributed by atoms with E-state index < -0.39 is 16.5 Å². The van der Waals surface area contributed by atoms with Gasteiger partial charge < -0.3 is 19.9 Å². The number of rotatable bonds is 21. The van der Waals surface area contributed by atoms with Gasteiger partial charge in [0.25, 0.3) is 0 Å². The summed E-state index contributed by atoms with van der Waals surface area (Å²) < 4.78 is 41.8. The number of unbranched alkanes of at least 4 members (excludes halogenated alkanes) is 13. The van der Waals surface area contributed by atoms with Crippen LogP contribution in [-0.4, -0.2) is 44.0 Å². The summed E-state index contributed by atoms with van der Waals surface area (Å²) in [5, 5.41) is 8.67. The summed E-state index contributed by atoms with van der Waals surface area (Å²) in [5.41, 5.74) is 0. The van der Waals surface area contributed by atoms with Crippen molar-refractivity contribution in [3.8, 4) is 0 Å². The Kier molecular flexibility index (Phi) is 23.0. The Morgan fingerprint density at radius 1 is 0.821 bits per heavy atom. The van der Waals surface area contributed by atoms with Crippen molar-refractivity contribution < 1.29 is 32.5 Å². The van der Waals surface area contributed by atoms with Gasteiger partial charge in [0, 0.05) is 0 Å². The fourth-order valence-electron chi connectivity index (χ4n) is 3.17. The van der Waals surface area contributed by atoms with Gasteiger partial charge in [0.2, 0.25) is 10.4 Å². The van der Waals surface area contributed by atoms with Crippen molar-refractivity contribution in [1.29, 1.82) is 0 Å². The van der Waals surface area contributed by atoms with Gasteiger partial charge >= 0.3 is 0 Å². The van der Waals surface area contributed by atoms with Crippen LogP contribution in [0.25, 0.3) is 0 Å². The first-order valence-corrected chi connectivity index (χ1v) is 12.2. The van der Waals surface area contributed by atoms with Crippen LogP contribution in [0.1, 0.15) is 103 Å². The van der Waals surface area contributed by atoms with Crippen molar-refractivity contribution in [2.45, 2.75) is 109 Å². The maximum atomic E-state index is 10.7. The van der Waals surface area contributed by atoms with E-state index in [2.05, 4.69) is 11.1 Å². The molecule has 0 aliphatic heterocycles. The third-order valence-electron chi connectivity index (χ3n) is 4.67. The molecule has 0 aliphatic carbocycles. The Balaban J connectivity index is 0. The third-order valence-corrected chi connectivity index (χ3v) is 5.18. The lowest BCUT2D eigenvalue weighted by molar-refractivity contribution is 0.0256. The van der Waals surface area contributed by atoms with E-state index in [1.165, 1.54) is 70.6 Å². The molecule has 8 heteroatoms. The van der Waals surface area contributed by atoms with Crippen LogP contribution < -0.4 is 0 Å². The quantitative estimate of drug-likeness (QED) is 0.163. The molecule has 0 fully saturated rings. The Labute approximate surface area is 172 Å². The second-order valence-corrected chi connectivity index (χ2v) is 8.32. The van der Waals surface area contributed by atoms with E-state index in [1.54, 1.807) is 0 Å². The fraction of sp³-hybridized carbons (Fsp3) is 1.00. The summed E-state index contributed by atoms with van der Waals surface area (Å²) in [5.74, 6) is 0. The molecule has 0 saturated carbocycles. The molecule has 1 N–H and O–H groups in total. The second-order valence-electron chi connectivity index (χ2n) is 7.31. The predicted octanol–water partition coefficient (Wildman–Crippen LogP) is 4.59. The van der Waals surface area contributed by atoms with E-state index in [1.807, 2.05) is 0 Å². The average molecular weight is 426 g/mol. The lowest BCUT2D eigenvalue weighted by Crippen LogP contribution is -2.24. The van der Waals surface area contributed by atoms with Crippen molar-refractivity contribution in [2.24, 2.45) is 0 Å². The Bertz CT molecular complexity index is 401. The number of ether oxygens (including phenoxy) is 1. The molecule has 7 nitrogen and oxygen atoms in total. The van der Waals surface area contributed by atoms with Gasteiger partial charge in [-0.2, -0.15) is 0 Å². The van der Waals surface area contributed by atoms with Crippen LogP contribution in [-0.2, 0) is 24.8 Å². The van der Waals surface area contributed by atoms with Crippen molar-refractivity contribution in [3.63, 3.8) is 0 Å². The molecule has 0 radical (unpaired) electrons. The highest BCUT2D eigenvalue weighted by atomic mass is 32.3. The van der Waals surface area contributed by atoms with E-state index in [0.29, 0.717) is 6.42 Å². The first kappa shape index (κ1) is 29.9. The Morgan fingerprint density at radius 2 is 1.25 bits per heavy atom. The number of hydrogen-bond donors (Lipinski definition) is 1. The molecule has 0 aliphatic rings. The Morgan fingerprint density at radius 3 is 1.64 bits per heavy atom. The minimum Gasteiger partial charge on any atom is -2.00 e. The molecule has 0 bridgehead atoms. The number of aliphatic hydroxyl groups is 1. The zero-order chi connectivity index (χ0) is 20.2. The van der Waals surface area contributed by atoms with Gasteiger partial charge in [-0.05, 0) is 6.42 Å². The zero-order valence-electron chi connectivity index (χ0n) is 17.6. The van der Waals surface area contributed by atoms with Crippen LogP contribution in [0.3, 0.4) is 0 Å². The fourth-order valence-corrected chi connectivity index (χ4v) is 3.66. The smallest absolute Gasteiger partial charge is 0.217 e. The first-order valence-electron chi connectivity index (χ1n) is 10.8. The molecule has 0 spiro atoms. The van der Waals surface area contributed by atoms with E-state index in [9.17, 15) is 13.0 Å². The van der Waals surface area contributed by atoms with Crippen molar-refractivity contribution in [2.75, 3.05) is 19.8 Å². The molecule has 0 amide bonds. The molecule has 0 aromatic heterocycles. The monoisotopic (exact) mass is 425 g/mol. The van der Waals surface area contributed by atoms with Gasteiger partial charge in [-0.3, -0.25) is 4.18 Å². The molecule has 0 aromatic carbocycles. The molecule has 1 atom stereocenters. The summed E-state index contributed by atoms with van der Waals surface area (Å²) in [6.07, 6.45) is 17.3. The van der Waals surface area contributed by atoms with Gasteiger partial charge in [-0.1, -0.05) is 96.8 Å². The molecule has 28 heavy (non-hydrogen) atoms. The zero-order valence-corrected chi connectivity index (χ0v) is 18.4. The second kappa shape index (κ2) is 21.5. The highest BCUT2D eigenvalue weighted by molar-refractivity contribution is 7.80. The minimum absolute atomic E-state index is 0. The van der Waals surface area contributed by atoms with E-state index >= 15 is 0 Å². The largest absolute Gasteiger partial charge is 2.00 e. The summed E-state index contributed by atoms with van der Waals surface area (Å²) in [4.78, 5) is 0. The predicted molar refractivity (Wildman–Crippen MR) is 108 cm³/mol. The highest BCUT2D eigenvalue weighted by Crippen LogP contribution is 2.15. The van der Waals surface area contributed by atoms with Crippen LogP contribution in [0, 0.1) is 0 Å². The van der Waals surface area contributed by atoms with Crippen molar-refractivity contribution >= 4 is 10.4 Å². The normalized spacial score (nSPS) is 12.7. The minimum atomic E-state index is -4.72. The topological polar surface area (TPSA) is 124 Å². The summed E-state index contributed by atoms with van der Waals surface area (Å²) in [6, 6.07) is 0. The van der Waals surface area contributed by atoms with E-state index in [-0.39, 0.29) is 25.3 Å². The van der Waals surface area contributed by atoms with Crippen LogP contribution in [0.2, 0.25) is 0 Å². The van der Waals surface area contributed by atoms with Crippen molar-refractivity contribution in [3.05, 3.63) is 0 Å². The molecule has 0 aromatic rings. The van der Waals surface area contributed by atoms with Crippen molar-refractivity contribution in [1.82, 2.24) is 0 Å². The summed E-state index contributed by atoms with van der Waals surface area (Å²) in [7, 11) is -4.72. The van der Waals surface area contributed by atoms with Gasteiger partial charge in [-0.25, -0.2) is 8.42 Å². The molecule has 0 heterocycles. The maximum Gasteiger partial charge on any atom is 0.217 e. The van der Waals surface area contributed by atoms with Crippen LogP contribution >= 0.6 is 0 Å². The lowest BCUT2D eigenvalue weighted by atomic mass is 10.0. The van der Waals surface area contributed by atoms with Gasteiger partial charge in [-0.15, -0.1) is 0 Å².